The molecule has 0 fully saturated rings. The molecule has 8 heteroatoms. The number of furan rings is 2. The molecule has 1 N–H and O–H groups in total. The quantitative estimate of drug-likeness (QED) is 0.269. The third kappa shape index (κ3) is 4.49. The summed E-state index contributed by atoms with van der Waals surface area (Å²) in [6, 6.07) is 18.3. The van der Waals surface area contributed by atoms with Crippen LogP contribution in [0.15, 0.2) is 89.1 Å². The van der Waals surface area contributed by atoms with E-state index in [4.69, 9.17) is 20.4 Å². The summed E-state index contributed by atoms with van der Waals surface area (Å²) in [5.74, 6) is 0.264. The second-order valence-corrected chi connectivity index (χ2v) is 8.13. The first-order valence-corrected chi connectivity index (χ1v) is 10.1. The minimum atomic E-state index is -0.439. The van der Waals surface area contributed by atoms with Crippen molar-refractivity contribution in [3.05, 3.63) is 81.7 Å². The average molecular weight is 476 g/mol. The highest BCUT2D eigenvalue weighted by molar-refractivity contribution is 9.10. The van der Waals surface area contributed by atoms with Crippen molar-refractivity contribution in [1.82, 2.24) is 5.43 Å². The summed E-state index contributed by atoms with van der Waals surface area (Å²) in [5, 5.41) is 6.15. The lowest BCUT2D eigenvalue weighted by molar-refractivity contribution is 0.0929. The van der Waals surface area contributed by atoms with Gasteiger partial charge in [-0.05, 0) is 60.7 Å². The van der Waals surface area contributed by atoms with Crippen molar-refractivity contribution in [2.75, 3.05) is 0 Å². The van der Waals surface area contributed by atoms with Crippen molar-refractivity contribution < 1.29 is 13.6 Å². The molecule has 5 nitrogen and oxygen atoms in total. The topological polar surface area (TPSA) is 67.7 Å². The predicted octanol–water partition coefficient (Wildman–Crippen LogP) is 6.36. The molecule has 2 aromatic carbocycles. The maximum Gasteiger partial charge on any atom is 0.307 e. The Balaban J connectivity index is 1.38. The number of nitrogens with zero attached hydrogens (tertiary/aromatic N) is 1. The zero-order chi connectivity index (χ0) is 19.5. The van der Waals surface area contributed by atoms with Crippen molar-refractivity contribution in [2.45, 2.75) is 9.99 Å². The molecule has 0 aliphatic heterocycles. The van der Waals surface area contributed by atoms with Gasteiger partial charge in [0.05, 0.1) is 6.21 Å². The Bertz CT molecular complexity index is 1170. The average Bonchev–Trinajstić information content (AvgIpc) is 3.30. The molecule has 0 radical (unpaired) electrons. The van der Waals surface area contributed by atoms with Crippen LogP contribution in [-0.4, -0.2) is 12.1 Å². The number of rotatable bonds is 5. The second kappa shape index (κ2) is 8.26. The summed E-state index contributed by atoms with van der Waals surface area (Å²) in [6.45, 7) is 0. The molecular weight excluding hydrogens is 464 g/mol. The van der Waals surface area contributed by atoms with Crippen LogP contribution < -0.4 is 5.43 Å². The first-order valence-electron chi connectivity index (χ1n) is 8.12. The maximum atomic E-state index is 12.2. The minimum absolute atomic E-state index is 0.184. The summed E-state index contributed by atoms with van der Waals surface area (Å²) in [5.41, 5.74) is 3.06. The van der Waals surface area contributed by atoms with E-state index < -0.39 is 5.91 Å². The van der Waals surface area contributed by atoms with Crippen LogP contribution >= 0.6 is 39.3 Å². The summed E-state index contributed by atoms with van der Waals surface area (Å²) in [7, 11) is 0. The van der Waals surface area contributed by atoms with Gasteiger partial charge in [-0.15, -0.1) is 0 Å². The third-order valence-corrected chi connectivity index (χ3v) is 5.37. The molecule has 2 heterocycles. The lowest BCUT2D eigenvalue weighted by atomic mass is 10.2. The van der Waals surface area contributed by atoms with Gasteiger partial charge >= 0.3 is 5.91 Å². The number of carbonyl (C=O) groups excluding carboxylic acids is 1. The normalized spacial score (nSPS) is 11.4. The molecular formula is C20H12BrClN2O3S. The number of nitrogens with one attached hydrogen (secondary N) is 1. The lowest BCUT2D eigenvalue weighted by Crippen LogP contribution is -2.16. The lowest BCUT2D eigenvalue weighted by Gasteiger charge is -1.97. The van der Waals surface area contributed by atoms with Crippen molar-refractivity contribution in [3.63, 3.8) is 0 Å². The number of benzene rings is 2. The Morgan fingerprint density at radius 2 is 1.89 bits per heavy atom. The molecule has 0 bridgehead atoms. The number of amides is 1. The van der Waals surface area contributed by atoms with Crippen LogP contribution in [0.2, 0.25) is 5.02 Å². The molecule has 0 aliphatic carbocycles. The highest BCUT2D eigenvalue weighted by Gasteiger charge is 2.12. The van der Waals surface area contributed by atoms with Crippen LogP contribution in [-0.2, 0) is 0 Å². The minimum Gasteiger partial charge on any atom is -0.451 e. The molecule has 4 aromatic rings. The molecule has 0 spiro atoms. The molecule has 28 heavy (non-hydrogen) atoms. The molecule has 140 valence electrons. The zero-order valence-electron chi connectivity index (χ0n) is 14.2. The van der Waals surface area contributed by atoms with Crippen molar-refractivity contribution >= 4 is 62.4 Å². The first-order chi connectivity index (χ1) is 13.6. The van der Waals surface area contributed by atoms with Gasteiger partial charge in [0.2, 0.25) is 0 Å². The van der Waals surface area contributed by atoms with Gasteiger partial charge in [0.1, 0.15) is 11.3 Å². The zero-order valence-corrected chi connectivity index (χ0v) is 17.3. The Kier molecular flexibility index (Phi) is 5.57. The summed E-state index contributed by atoms with van der Waals surface area (Å²) >= 11 is 10.7. The Morgan fingerprint density at radius 3 is 2.71 bits per heavy atom. The number of fused-ring (bicyclic) bond motifs is 1. The maximum absolute atomic E-state index is 12.2. The molecule has 0 saturated heterocycles. The molecule has 0 unspecified atom stereocenters. The van der Waals surface area contributed by atoms with Crippen LogP contribution in [0.4, 0.5) is 0 Å². The SMILES string of the molecule is O=C(N/N=C/c1ccc(Sc2ccc(Cl)cc2)o1)c1cc2cc(Br)ccc2o1. The molecule has 2 aromatic heterocycles. The highest BCUT2D eigenvalue weighted by atomic mass is 79.9. The Labute approximate surface area is 177 Å². The summed E-state index contributed by atoms with van der Waals surface area (Å²) < 4.78 is 12.1. The fourth-order valence-electron chi connectivity index (χ4n) is 2.41. The van der Waals surface area contributed by atoms with E-state index >= 15 is 0 Å². The Hall–Kier alpha value is -2.48. The number of halogens is 2. The predicted molar refractivity (Wildman–Crippen MR) is 113 cm³/mol. The summed E-state index contributed by atoms with van der Waals surface area (Å²) in [4.78, 5) is 13.2. The van der Waals surface area contributed by atoms with Gasteiger partial charge in [0.25, 0.3) is 0 Å². The number of hydrogen-bond acceptors (Lipinski definition) is 5. The van der Waals surface area contributed by atoms with E-state index in [1.165, 1.54) is 18.0 Å². The van der Waals surface area contributed by atoms with Crippen LogP contribution in [0.25, 0.3) is 11.0 Å². The molecule has 0 saturated carbocycles. The van der Waals surface area contributed by atoms with E-state index in [0.717, 1.165) is 14.8 Å². The van der Waals surface area contributed by atoms with Gasteiger partial charge in [-0.1, -0.05) is 39.3 Å². The summed E-state index contributed by atoms with van der Waals surface area (Å²) in [6.07, 6.45) is 1.43. The van der Waals surface area contributed by atoms with Gasteiger partial charge in [0, 0.05) is 19.8 Å². The smallest absolute Gasteiger partial charge is 0.307 e. The molecule has 0 aliphatic rings. The van der Waals surface area contributed by atoms with Gasteiger partial charge in [-0.3, -0.25) is 4.79 Å². The fourth-order valence-corrected chi connectivity index (χ4v) is 3.70. The monoisotopic (exact) mass is 474 g/mol. The van der Waals surface area contributed by atoms with Crippen LogP contribution in [0.3, 0.4) is 0 Å². The number of hydrogen-bond donors (Lipinski definition) is 1. The van der Waals surface area contributed by atoms with E-state index in [1.54, 1.807) is 18.2 Å². The van der Waals surface area contributed by atoms with Crippen molar-refractivity contribution in [2.24, 2.45) is 5.10 Å². The van der Waals surface area contributed by atoms with E-state index in [9.17, 15) is 4.79 Å². The highest BCUT2D eigenvalue weighted by Crippen LogP contribution is 2.29. The van der Waals surface area contributed by atoms with Crippen molar-refractivity contribution in [3.8, 4) is 0 Å². The van der Waals surface area contributed by atoms with Gasteiger partial charge < -0.3 is 8.83 Å². The molecule has 0 atom stereocenters. The first kappa shape index (κ1) is 18.9. The van der Waals surface area contributed by atoms with Gasteiger partial charge in [-0.2, -0.15) is 5.10 Å². The van der Waals surface area contributed by atoms with Gasteiger partial charge in [0.15, 0.2) is 10.9 Å². The third-order valence-electron chi connectivity index (χ3n) is 3.69. The van der Waals surface area contributed by atoms with Crippen molar-refractivity contribution in [1.29, 1.82) is 0 Å². The number of carbonyl (C=O) groups is 1. The Morgan fingerprint density at radius 1 is 1.07 bits per heavy atom. The van der Waals surface area contributed by atoms with Crippen LogP contribution in [0, 0.1) is 0 Å². The second-order valence-electron chi connectivity index (χ2n) is 5.70. The van der Waals surface area contributed by atoms with E-state index in [2.05, 4.69) is 26.5 Å². The van der Waals surface area contributed by atoms with Crippen LogP contribution in [0.1, 0.15) is 16.3 Å². The molecule has 4 rings (SSSR count). The standard InChI is InChI=1S/C20H12BrClN2O3S/c21-13-1-7-17-12(9-13)10-18(27-17)20(25)24-23-11-15-4-8-19(26-15)28-16-5-2-14(22)3-6-16/h1-11H,(H,24,25)/b23-11+. The van der Waals surface area contributed by atoms with E-state index in [0.29, 0.717) is 21.5 Å². The van der Waals surface area contributed by atoms with E-state index in [1.807, 2.05) is 42.5 Å². The fraction of sp³-hybridized carbons (Fsp3) is 0. The molecule has 1 amide bonds. The van der Waals surface area contributed by atoms with Gasteiger partial charge in [-0.25, -0.2) is 5.43 Å². The number of hydrazone groups is 1. The largest absolute Gasteiger partial charge is 0.451 e. The van der Waals surface area contributed by atoms with Crippen LogP contribution in [0.5, 0.6) is 0 Å². The van der Waals surface area contributed by atoms with E-state index in [-0.39, 0.29) is 5.76 Å².